The van der Waals surface area contributed by atoms with E-state index in [0.29, 0.717) is 18.5 Å². The number of aromatic nitrogens is 1. The number of carbonyl (C=O) groups is 2. The van der Waals surface area contributed by atoms with Crippen molar-refractivity contribution >= 4 is 22.8 Å². The van der Waals surface area contributed by atoms with Crippen LogP contribution < -0.4 is 10.6 Å². The first kappa shape index (κ1) is 14.8. The lowest BCUT2D eigenvalue weighted by Crippen LogP contribution is -2.40. The molecule has 0 fully saturated rings. The van der Waals surface area contributed by atoms with E-state index >= 15 is 0 Å². The van der Waals surface area contributed by atoms with Crippen LogP contribution in [0.2, 0.25) is 0 Å². The van der Waals surface area contributed by atoms with Gasteiger partial charge in [-0.15, -0.1) is 0 Å². The van der Waals surface area contributed by atoms with Crippen molar-refractivity contribution < 1.29 is 9.59 Å². The number of H-pyrrole nitrogens is 1. The Labute approximate surface area is 133 Å². The predicted octanol–water partition coefficient (Wildman–Crippen LogP) is 2.85. The summed E-state index contributed by atoms with van der Waals surface area (Å²) in [6.07, 6.45) is 2.64. The lowest BCUT2D eigenvalue weighted by Gasteiger charge is -2.06. The van der Waals surface area contributed by atoms with Crippen LogP contribution in [-0.4, -0.2) is 23.5 Å². The van der Waals surface area contributed by atoms with Crippen LogP contribution in [0.3, 0.4) is 0 Å². The minimum absolute atomic E-state index is 0.407. The summed E-state index contributed by atoms with van der Waals surface area (Å²) in [6, 6.07) is 16.2. The maximum Gasteiger partial charge on any atom is 0.321 e. The van der Waals surface area contributed by atoms with Crippen molar-refractivity contribution in [3.8, 4) is 0 Å². The van der Waals surface area contributed by atoms with Crippen LogP contribution in [0.4, 0.5) is 4.79 Å². The van der Waals surface area contributed by atoms with Gasteiger partial charge in [0.25, 0.3) is 5.91 Å². The van der Waals surface area contributed by atoms with E-state index in [1.165, 1.54) is 0 Å². The molecule has 0 aliphatic carbocycles. The first-order valence-electron chi connectivity index (χ1n) is 7.43. The predicted molar refractivity (Wildman–Crippen MR) is 89.3 cm³/mol. The van der Waals surface area contributed by atoms with Gasteiger partial charge in [-0.25, -0.2) is 4.79 Å². The van der Waals surface area contributed by atoms with Crippen LogP contribution >= 0.6 is 0 Å². The molecule has 3 N–H and O–H groups in total. The monoisotopic (exact) mass is 307 g/mol. The van der Waals surface area contributed by atoms with E-state index < -0.39 is 11.9 Å². The normalized spacial score (nSPS) is 10.4. The van der Waals surface area contributed by atoms with Crippen molar-refractivity contribution in [2.24, 2.45) is 0 Å². The fourth-order valence-corrected chi connectivity index (χ4v) is 2.46. The number of para-hydroxylation sites is 1. The molecule has 0 aliphatic heterocycles. The van der Waals surface area contributed by atoms with Gasteiger partial charge >= 0.3 is 6.03 Å². The smallest absolute Gasteiger partial charge is 0.321 e. The topological polar surface area (TPSA) is 74.0 Å². The first-order chi connectivity index (χ1) is 11.2. The Morgan fingerprint density at radius 2 is 1.70 bits per heavy atom. The molecule has 3 aromatic rings. The SMILES string of the molecule is O=C(NCCc1c[nH]c2ccccc12)NC(=O)c1ccccc1. The molecule has 0 unspecified atom stereocenters. The van der Waals surface area contributed by atoms with Gasteiger partial charge in [-0.3, -0.25) is 10.1 Å². The number of urea groups is 1. The molecule has 1 heterocycles. The summed E-state index contributed by atoms with van der Waals surface area (Å²) in [7, 11) is 0. The van der Waals surface area contributed by atoms with Crippen LogP contribution in [0.25, 0.3) is 10.9 Å². The molecule has 0 saturated heterocycles. The van der Waals surface area contributed by atoms with Crippen LogP contribution in [0.5, 0.6) is 0 Å². The molecule has 5 nitrogen and oxygen atoms in total. The van der Waals surface area contributed by atoms with Crippen molar-refractivity contribution in [1.82, 2.24) is 15.6 Å². The van der Waals surface area contributed by atoms with Crippen molar-refractivity contribution in [3.63, 3.8) is 0 Å². The molecule has 0 aliphatic rings. The second-order valence-electron chi connectivity index (χ2n) is 5.19. The van der Waals surface area contributed by atoms with Gasteiger partial charge in [0.1, 0.15) is 0 Å². The number of imide groups is 1. The average molecular weight is 307 g/mol. The zero-order valence-corrected chi connectivity index (χ0v) is 12.5. The Balaban J connectivity index is 1.51. The molecule has 3 amide bonds. The number of carbonyl (C=O) groups excluding carboxylic acids is 2. The Hall–Kier alpha value is -3.08. The quantitative estimate of drug-likeness (QED) is 0.693. The van der Waals surface area contributed by atoms with Crippen molar-refractivity contribution in [3.05, 3.63) is 71.9 Å². The number of rotatable bonds is 4. The van der Waals surface area contributed by atoms with Gasteiger partial charge in [-0.2, -0.15) is 0 Å². The maximum atomic E-state index is 11.8. The van der Waals surface area contributed by atoms with Crippen LogP contribution in [0.1, 0.15) is 15.9 Å². The van der Waals surface area contributed by atoms with Gasteiger partial charge in [0.2, 0.25) is 0 Å². The molecule has 1 aromatic heterocycles. The first-order valence-corrected chi connectivity index (χ1v) is 7.43. The third-order valence-electron chi connectivity index (χ3n) is 3.62. The summed E-state index contributed by atoms with van der Waals surface area (Å²) in [4.78, 5) is 26.8. The number of aromatic amines is 1. The maximum absolute atomic E-state index is 11.8. The number of benzene rings is 2. The van der Waals surface area contributed by atoms with E-state index in [9.17, 15) is 9.59 Å². The fraction of sp³-hybridized carbons (Fsp3) is 0.111. The summed E-state index contributed by atoms with van der Waals surface area (Å²) in [6.45, 7) is 0.454. The third kappa shape index (κ3) is 3.58. The molecule has 0 spiro atoms. The van der Waals surface area contributed by atoms with E-state index in [-0.39, 0.29) is 0 Å². The van der Waals surface area contributed by atoms with E-state index in [0.717, 1.165) is 16.5 Å². The average Bonchev–Trinajstić information content (AvgIpc) is 2.99. The lowest BCUT2D eigenvalue weighted by molar-refractivity contribution is 0.0964. The summed E-state index contributed by atoms with van der Waals surface area (Å²) >= 11 is 0. The third-order valence-corrected chi connectivity index (χ3v) is 3.62. The highest BCUT2D eigenvalue weighted by Crippen LogP contribution is 2.17. The number of hydrogen-bond acceptors (Lipinski definition) is 2. The molecule has 5 heteroatoms. The van der Waals surface area contributed by atoms with Crippen LogP contribution in [0.15, 0.2) is 60.8 Å². The summed E-state index contributed by atoms with van der Waals surface area (Å²) in [5, 5.41) is 6.17. The molecular weight excluding hydrogens is 290 g/mol. The van der Waals surface area contributed by atoms with Crippen LogP contribution in [0, 0.1) is 0 Å². The number of nitrogens with one attached hydrogen (secondary N) is 3. The second-order valence-corrected chi connectivity index (χ2v) is 5.19. The van der Waals surface area contributed by atoms with Gasteiger partial charge in [0.05, 0.1) is 0 Å². The lowest BCUT2D eigenvalue weighted by atomic mass is 10.1. The molecule has 23 heavy (non-hydrogen) atoms. The van der Waals surface area contributed by atoms with Crippen molar-refractivity contribution in [1.29, 1.82) is 0 Å². The number of amides is 3. The van der Waals surface area contributed by atoms with Crippen LogP contribution in [-0.2, 0) is 6.42 Å². The zero-order valence-electron chi connectivity index (χ0n) is 12.5. The van der Waals surface area contributed by atoms with Crippen molar-refractivity contribution in [2.75, 3.05) is 6.54 Å². The Morgan fingerprint density at radius 1 is 0.957 bits per heavy atom. The summed E-state index contributed by atoms with van der Waals surface area (Å²) in [5.41, 5.74) is 2.67. The molecule has 3 rings (SSSR count). The van der Waals surface area contributed by atoms with Gasteiger partial charge in [-0.05, 0) is 30.2 Å². The highest BCUT2D eigenvalue weighted by atomic mass is 16.2. The van der Waals surface area contributed by atoms with Gasteiger partial charge < -0.3 is 10.3 Å². The van der Waals surface area contributed by atoms with E-state index in [4.69, 9.17) is 0 Å². The van der Waals surface area contributed by atoms with E-state index in [1.807, 2.05) is 36.5 Å². The summed E-state index contributed by atoms with van der Waals surface area (Å²) < 4.78 is 0. The second kappa shape index (κ2) is 6.79. The van der Waals surface area contributed by atoms with Crippen molar-refractivity contribution in [2.45, 2.75) is 6.42 Å². The zero-order chi connectivity index (χ0) is 16.1. The van der Waals surface area contributed by atoms with Gasteiger partial charge in [0, 0.05) is 29.2 Å². The highest BCUT2D eigenvalue weighted by Gasteiger charge is 2.09. The standard InChI is InChI=1S/C18H17N3O2/c22-17(13-6-2-1-3-7-13)21-18(23)19-11-10-14-12-20-16-9-5-4-8-15(14)16/h1-9,12,20H,10-11H2,(H2,19,21,22,23). The Morgan fingerprint density at radius 3 is 2.52 bits per heavy atom. The molecule has 0 atom stereocenters. The summed E-state index contributed by atoms with van der Waals surface area (Å²) in [5.74, 6) is -0.407. The highest BCUT2D eigenvalue weighted by molar-refractivity contribution is 6.04. The molecule has 0 radical (unpaired) electrons. The molecule has 116 valence electrons. The van der Waals surface area contributed by atoms with E-state index in [1.54, 1.807) is 24.3 Å². The molecule has 0 saturated carbocycles. The number of fused-ring (bicyclic) bond motifs is 1. The Kier molecular flexibility index (Phi) is 4.38. The van der Waals surface area contributed by atoms with E-state index in [2.05, 4.69) is 15.6 Å². The Bertz CT molecular complexity index is 824. The minimum Gasteiger partial charge on any atom is -0.361 e. The number of hydrogen-bond donors (Lipinski definition) is 3. The van der Waals surface area contributed by atoms with Gasteiger partial charge in [0.15, 0.2) is 0 Å². The largest absolute Gasteiger partial charge is 0.361 e. The molecular formula is C18H17N3O2. The minimum atomic E-state index is -0.487. The molecule has 0 bridgehead atoms. The fourth-order valence-electron chi connectivity index (χ4n) is 2.46. The van der Waals surface area contributed by atoms with Gasteiger partial charge in [-0.1, -0.05) is 36.4 Å². The molecule has 2 aromatic carbocycles.